The summed E-state index contributed by atoms with van der Waals surface area (Å²) in [7, 11) is -1.47. The van der Waals surface area contributed by atoms with Crippen molar-refractivity contribution in [2.45, 2.75) is 10.6 Å². The fourth-order valence-corrected chi connectivity index (χ4v) is 3.78. The van der Waals surface area contributed by atoms with Gasteiger partial charge in [-0.1, -0.05) is 35.3 Å². The minimum atomic E-state index is -1.47. The van der Waals surface area contributed by atoms with Gasteiger partial charge in [0.05, 0.1) is 37.1 Å². The molecule has 0 N–H and O–H groups in total. The van der Waals surface area contributed by atoms with Crippen molar-refractivity contribution < 1.29 is 8.60 Å². The molecular formula is C14H8Cl2FNOS. The van der Waals surface area contributed by atoms with Crippen molar-refractivity contribution in [2.75, 3.05) is 0 Å². The Labute approximate surface area is 128 Å². The first-order chi connectivity index (χ1) is 9.52. The molecule has 2 aromatic rings. The van der Waals surface area contributed by atoms with Crippen LogP contribution in [0.25, 0.3) is 0 Å². The molecule has 0 aromatic heterocycles. The molecule has 0 radical (unpaired) electrons. The van der Waals surface area contributed by atoms with Crippen LogP contribution in [-0.4, -0.2) is 4.21 Å². The van der Waals surface area contributed by atoms with Crippen LogP contribution in [0.1, 0.15) is 11.1 Å². The highest BCUT2D eigenvalue weighted by Crippen LogP contribution is 2.29. The van der Waals surface area contributed by atoms with E-state index in [-0.39, 0.29) is 11.3 Å². The number of halogens is 3. The van der Waals surface area contributed by atoms with E-state index in [0.29, 0.717) is 20.5 Å². The molecule has 6 heteroatoms. The summed E-state index contributed by atoms with van der Waals surface area (Å²) in [5, 5.41) is 9.41. The van der Waals surface area contributed by atoms with Crippen LogP contribution in [0.3, 0.4) is 0 Å². The predicted octanol–water partition coefficient (Wildman–Crippen LogP) is 4.31. The Hall–Kier alpha value is -1.41. The molecule has 0 spiro atoms. The minimum absolute atomic E-state index is 0.0789. The molecule has 1 atom stereocenters. The second-order valence-electron chi connectivity index (χ2n) is 3.97. The van der Waals surface area contributed by atoms with Gasteiger partial charge in [-0.3, -0.25) is 4.21 Å². The summed E-state index contributed by atoms with van der Waals surface area (Å²) < 4.78 is 25.5. The SMILES string of the molecule is N#Cc1cc(CS(=O)c2c(Cl)cccc2Cl)ccc1F. The number of nitriles is 1. The van der Waals surface area contributed by atoms with Gasteiger partial charge in [0.25, 0.3) is 0 Å². The van der Waals surface area contributed by atoms with Crippen molar-refractivity contribution in [2.24, 2.45) is 0 Å². The van der Waals surface area contributed by atoms with Crippen LogP contribution in [0.15, 0.2) is 41.3 Å². The van der Waals surface area contributed by atoms with Crippen LogP contribution in [0.4, 0.5) is 4.39 Å². The van der Waals surface area contributed by atoms with E-state index < -0.39 is 16.6 Å². The van der Waals surface area contributed by atoms with Gasteiger partial charge >= 0.3 is 0 Å². The van der Waals surface area contributed by atoms with Crippen LogP contribution in [0.5, 0.6) is 0 Å². The molecule has 102 valence electrons. The lowest BCUT2D eigenvalue weighted by molar-refractivity contribution is 0.623. The Balaban J connectivity index is 2.31. The number of hydrogen-bond acceptors (Lipinski definition) is 2. The molecule has 2 aromatic carbocycles. The summed E-state index contributed by atoms with van der Waals surface area (Å²) >= 11 is 12.0. The van der Waals surface area contributed by atoms with E-state index in [1.807, 2.05) is 0 Å². The maximum atomic E-state index is 13.2. The van der Waals surface area contributed by atoms with E-state index in [2.05, 4.69) is 0 Å². The molecule has 1 unspecified atom stereocenters. The molecule has 2 rings (SSSR count). The van der Waals surface area contributed by atoms with Crippen LogP contribution < -0.4 is 0 Å². The van der Waals surface area contributed by atoms with Gasteiger partial charge in [0.1, 0.15) is 11.9 Å². The van der Waals surface area contributed by atoms with E-state index in [9.17, 15) is 8.60 Å². The number of rotatable bonds is 3. The molecule has 2 nitrogen and oxygen atoms in total. The molecular weight excluding hydrogens is 320 g/mol. The first-order valence-electron chi connectivity index (χ1n) is 5.54. The van der Waals surface area contributed by atoms with Crippen molar-refractivity contribution in [3.05, 3.63) is 63.4 Å². The van der Waals surface area contributed by atoms with Gasteiger partial charge in [0.2, 0.25) is 0 Å². The zero-order chi connectivity index (χ0) is 14.7. The second-order valence-corrected chi connectivity index (χ2v) is 6.17. The van der Waals surface area contributed by atoms with Gasteiger partial charge in [-0.25, -0.2) is 4.39 Å². The van der Waals surface area contributed by atoms with E-state index in [0.717, 1.165) is 0 Å². The largest absolute Gasteiger partial charge is 0.254 e. The van der Waals surface area contributed by atoms with Crippen molar-refractivity contribution in [3.63, 3.8) is 0 Å². The molecule has 0 aliphatic rings. The molecule has 0 heterocycles. The fourth-order valence-electron chi connectivity index (χ4n) is 1.67. The lowest BCUT2D eigenvalue weighted by atomic mass is 10.1. The molecule has 0 aliphatic carbocycles. The van der Waals surface area contributed by atoms with E-state index in [1.54, 1.807) is 24.3 Å². The van der Waals surface area contributed by atoms with Gasteiger partial charge in [0, 0.05) is 0 Å². The maximum absolute atomic E-state index is 13.2. The lowest BCUT2D eigenvalue weighted by Gasteiger charge is -2.07. The quantitative estimate of drug-likeness (QED) is 0.842. The summed E-state index contributed by atoms with van der Waals surface area (Å²) in [5.74, 6) is -0.490. The van der Waals surface area contributed by atoms with Crippen molar-refractivity contribution in [1.29, 1.82) is 5.26 Å². The highest BCUT2D eigenvalue weighted by molar-refractivity contribution is 7.84. The minimum Gasteiger partial charge on any atom is -0.254 e. The van der Waals surface area contributed by atoms with Crippen LogP contribution in [0.2, 0.25) is 10.0 Å². The summed E-state index contributed by atoms with van der Waals surface area (Å²) in [5.41, 5.74) is 0.502. The normalized spacial score (nSPS) is 11.9. The Kier molecular flexibility index (Phi) is 4.77. The van der Waals surface area contributed by atoms with Gasteiger partial charge in [-0.15, -0.1) is 0 Å². The Morgan fingerprint density at radius 2 is 1.85 bits per heavy atom. The van der Waals surface area contributed by atoms with Gasteiger partial charge in [0.15, 0.2) is 0 Å². The van der Waals surface area contributed by atoms with Crippen LogP contribution >= 0.6 is 23.2 Å². The van der Waals surface area contributed by atoms with Crippen LogP contribution in [-0.2, 0) is 16.6 Å². The van der Waals surface area contributed by atoms with E-state index >= 15 is 0 Å². The van der Waals surface area contributed by atoms with E-state index in [4.69, 9.17) is 28.5 Å². The first kappa shape index (κ1) is 15.0. The van der Waals surface area contributed by atoms with Crippen LogP contribution in [0, 0.1) is 17.1 Å². The number of benzene rings is 2. The van der Waals surface area contributed by atoms with E-state index in [1.165, 1.54) is 18.2 Å². The predicted molar refractivity (Wildman–Crippen MR) is 77.7 cm³/mol. The fraction of sp³-hybridized carbons (Fsp3) is 0.0714. The Bertz CT molecular complexity index is 707. The Morgan fingerprint density at radius 3 is 2.45 bits per heavy atom. The molecule has 0 saturated heterocycles. The third-order valence-corrected chi connectivity index (χ3v) is 4.94. The van der Waals surface area contributed by atoms with Crippen molar-refractivity contribution in [3.8, 4) is 6.07 Å². The average Bonchev–Trinajstić information content (AvgIpc) is 2.40. The molecule has 0 saturated carbocycles. The summed E-state index contributed by atoms with van der Waals surface area (Å²) in [6.07, 6.45) is 0. The van der Waals surface area contributed by atoms with Gasteiger partial charge in [-0.05, 0) is 29.8 Å². The second kappa shape index (κ2) is 6.36. The summed E-state index contributed by atoms with van der Waals surface area (Å²) in [4.78, 5) is 0.346. The maximum Gasteiger partial charge on any atom is 0.140 e. The molecule has 0 fully saturated rings. The molecule has 0 amide bonds. The highest BCUT2D eigenvalue weighted by Gasteiger charge is 2.14. The summed E-state index contributed by atoms with van der Waals surface area (Å²) in [6, 6.07) is 10.7. The third-order valence-electron chi connectivity index (χ3n) is 2.60. The topological polar surface area (TPSA) is 40.9 Å². The zero-order valence-corrected chi connectivity index (χ0v) is 12.4. The first-order valence-corrected chi connectivity index (χ1v) is 7.61. The zero-order valence-electron chi connectivity index (χ0n) is 10.1. The highest BCUT2D eigenvalue weighted by atomic mass is 35.5. The monoisotopic (exact) mass is 327 g/mol. The van der Waals surface area contributed by atoms with Crippen molar-refractivity contribution >= 4 is 34.0 Å². The average molecular weight is 328 g/mol. The third kappa shape index (κ3) is 3.18. The molecule has 20 heavy (non-hydrogen) atoms. The number of nitrogens with zero attached hydrogens (tertiary/aromatic N) is 1. The number of hydrogen-bond donors (Lipinski definition) is 0. The smallest absolute Gasteiger partial charge is 0.140 e. The molecule has 0 aliphatic heterocycles. The van der Waals surface area contributed by atoms with Crippen molar-refractivity contribution in [1.82, 2.24) is 0 Å². The standard InChI is InChI=1S/C14H8Cl2FNOS/c15-11-2-1-3-12(16)14(11)20(19)8-9-4-5-13(17)10(6-9)7-18/h1-6H,8H2. The Morgan fingerprint density at radius 1 is 1.20 bits per heavy atom. The van der Waals surface area contributed by atoms with Gasteiger partial charge < -0.3 is 0 Å². The molecule has 0 bridgehead atoms. The lowest BCUT2D eigenvalue weighted by Crippen LogP contribution is -1.99. The van der Waals surface area contributed by atoms with Gasteiger partial charge in [-0.2, -0.15) is 5.26 Å². The summed E-state index contributed by atoms with van der Waals surface area (Å²) in [6.45, 7) is 0.